The number of carbonyl (C=O) groups is 1. The van der Waals surface area contributed by atoms with Crippen LogP contribution < -0.4 is 20.5 Å². The third kappa shape index (κ3) is 3.85. The van der Waals surface area contributed by atoms with Gasteiger partial charge in [0.2, 0.25) is 5.91 Å². The van der Waals surface area contributed by atoms with Crippen molar-refractivity contribution in [2.24, 2.45) is 11.1 Å². The van der Waals surface area contributed by atoms with E-state index in [0.29, 0.717) is 24.5 Å². The predicted octanol–water partition coefficient (Wildman–Crippen LogP) is 2.02. The Morgan fingerprint density at radius 1 is 1.33 bits per heavy atom. The van der Waals surface area contributed by atoms with E-state index < -0.39 is 5.41 Å². The lowest BCUT2D eigenvalue weighted by molar-refractivity contribution is -0.127. The van der Waals surface area contributed by atoms with Gasteiger partial charge in [-0.15, -0.1) is 0 Å². The van der Waals surface area contributed by atoms with E-state index in [1.54, 1.807) is 27.2 Å². The third-order valence-corrected chi connectivity index (χ3v) is 4.10. The molecule has 0 heterocycles. The fourth-order valence-corrected chi connectivity index (χ4v) is 2.05. The molecule has 1 unspecified atom stereocenters. The van der Waals surface area contributed by atoms with Crippen molar-refractivity contribution in [3.05, 3.63) is 23.8 Å². The molecule has 0 radical (unpaired) electrons. The minimum atomic E-state index is -0.827. The van der Waals surface area contributed by atoms with Gasteiger partial charge in [-0.2, -0.15) is 0 Å². The van der Waals surface area contributed by atoms with Gasteiger partial charge < -0.3 is 20.5 Å². The number of rotatable bonds is 7. The maximum Gasteiger partial charge on any atom is 0.233 e. The van der Waals surface area contributed by atoms with Crippen LogP contribution >= 0.6 is 12.2 Å². The van der Waals surface area contributed by atoms with Gasteiger partial charge in [-0.1, -0.05) is 25.2 Å². The van der Waals surface area contributed by atoms with Crippen LogP contribution in [0.25, 0.3) is 0 Å². The van der Waals surface area contributed by atoms with Crippen molar-refractivity contribution in [2.45, 2.75) is 26.8 Å². The normalized spacial score (nSPS) is 13.1. The molecule has 116 valence electrons. The second-order valence-corrected chi connectivity index (χ2v) is 5.36. The molecule has 21 heavy (non-hydrogen) atoms. The molecule has 0 fully saturated rings. The van der Waals surface area contributed by atoms with Gasteiger partial charge in [0, 0.05) is 6.54 Å². The van der Waals surface area contributed by atoms with E-state index in [1.807, 2.05) is 19.1 Å². The summed E-state index contributed by atoms with van der Waals surface area (Å²) in [6, 6.07) is 5.49. The topological polar surface area (TPSA) is 73.6 Å². The highest BCUT2D eigenvalue weighted by molar-refractivity contribution is 7.80. The van der Waals surface area contributed by atoms with E-state index >= 15 is 0 Å². The number of amides is 1. The minimum Gasteiger partial charge on any atom is -0.493 e. The van der Waals surface area contributed by atoms with E-state index in [0.717, 1.165) is 5.56 Å². The summed E-state index contributed by atoms with van der Waals surface area (Å²) in [5.74, 6) is 1.10. The van der Waals surface area contributed by atoms with Gasteiger partial charge in [-0.3, -0.25) is 4.79 Å². The van der Waals surface area contributed by atoms with Crippen LogP contribution in [0.4, 0.5) is 0 Å². The number of ether oxygens (including phenoxy) is 2. The van der Waals surface area contributed by atoms with Crippen LogP contribution in [0.15, 0.2) is 18.2 Å². The molecule has 1 atom stereocenters. The van der Waals surface area contributed by atoms with Gasteiger partial charge in [0.15, 0.2) is 11.5 Å². The van der Waals surface area contributed by atoms with Crippen molar-refractivity contribution in [1.29, 1.82) is 0 Å². The molecule has 3 N–H and O–H groups in total. The van der Waals surface area contributed by atoms with E-state index in [1.165, 1.54) is 0 Å². The molecular formula is C15H22N2O3S. The van der Waals surface area contributed by atoms with Gasteiger partial charge in [-0.25, -0.2) is 0 Å². The Morgan fingerprint density at radius 2 is 1.95 bits per heavy atom. The second-order valence-electron chi connectivity index (χ2n) is 4.92. The van der Waals surface area contributed by atoms with Crippen molar-refractivity contribution in [1.82, 2.24) is 5.32 Å². The highest BCUT2D eigenvalue weighted by Crippen LogP contribution is 2.28. The SMILES string of the molecule is CCC(C)(C(=O)NCc1ccc(OC)c(OC)c1)C(N)=S. The molecule has 0 aliphatic rings. The molecule has 0 saturated carbocycles. The highest BCUT2D eigenvalue weighted by Gasteiger charge is 2.34. The van der Waals surface area contributed by atoms with Crippen LogP contribution in [0.2, 0.25) is 0 Å². The van der Waals surface area contributed by atoms with Gasteiger partial charge in [0.05, 0.1) is 24.6 Å². The first-order valence-electron chi connectivity index (χ1n) is 6.68. The Labute approximate surface area is 130 Å². The number of thiocarbonyl (C=S) groups is 1. The van der Waals surface area contributed by atoms with E-state index in [-0.39, 0.29) is 10.9 Å². The van der Waals surface area contributed by atoms with Crippen LogP contribution in [0.3, 0.4) is 0 Å². The first-order chi connectivity index (χ1) is 9.88. The van der Waals surface area contributed by atoms with Crippen molar-refractivity contribution in [2.75, 3.05) is 14.2 Å². The van der Waals surface area contributed by atoms with Crippen LogP contribution in [0.1, 0.15) is 25.8 Å². The average molecular weight is 310 g/mol. The first kappa shape index (κ1) is 17.2. The van der Waals surface area contributed by atoms with Gasteiger partial charge in [0.25, 0.3) is 0 Å². The van der Waals surface area contributed by atoms with Crippen LogP contribution in [0, 0.1) is 5.41 Å². The third-order valence-electron chi connectivity index (χ3n) is 3.65. The molecule has 5 nitrogen and oxygen atoms in total. The molecule has 1 aromatic carbocycles. The average Bonchev–Trinajstić information content (AvgIpc) is 2.50. The Morgan fingerprint density at radius 3 is 2.43 bits per heavy atom. The van der Waals surface area contributed by atoms with Gasteiger partial charge in [-0.05, 0) is 31.0 Å². The Bertz CT molecular complexity index is 534. The summed E-state index contributed by atoms with van der Waals surface area (Å²) in [5.41, 5.74) is 5.75. The summed E-state index contributed by atoms with van der Waals surface area (Å²) < 4.78 is 10.4. The van der Waals surface area contributed by atoms with Crippen molar-refractivity contribution in [3.63, 3.8) is 0 Å². The van der Waals surface area contributed by atoms with Crippen LogP contribution in [-0.2, 0) is 11.3 Å². The maximum absolute atomic E-state index is 12.3. The van der Waals surface area contributed by atoms with E-state index in [2.05, 4.69) is 5.32 Å². The fourth-order valence-electron chi connectivity index (χ4n) is 1.81. The zero-order chi connectivity index (χ0) is 16.0. The first-order valence-corrected chi connectivity index (χ1v) is 7.09. The lowest BCUT2D eigenvalue weighted by Gasteiger charge is -2.25. The van der Waals surface area contributed by atoms with Crippen molar-refractivity contribution in [3.8, 4) is 11.5 Å². The highest BCUT2D eigenvalue weighted by atomic mass is 32.1. The monoisotopic (exact) mass is 310 g/mol. The largest absolute Gasteiger partial charge is 0.493 e. The Hall–Kier alpha value is -1.82. The maximum atomic E-state index is 12.3. The molecule has 0 aliphatic heterocycles. The minimum absolute atomic E-state index is 0.174. The van der Waals surface area contributed by atoms with Gasteiger partial charge in [0.1, 0.15) is 0 Å². The lowest BCUT2D eigenvalue weighted by atomic mass is 9.86. The molecule has 0 bridgehead atoms. The zero-order valence-corrected chi connectivity index (χ0v) is 13.7. The Balaban J connectivity index is 2.80. The molecule has 0 aromatic heterocycles. The van der Waals surface area contributed by atoms with Crippen LogP contribution in [0.5, 0.6) is 11.5 Å². The summed E-state index contributed by atoms with van der Waals surface area (Å²) in [6.45, 7) is 4.01. The predicted molar refractivity (Wildman–Crippen MR) is 86.6 cm³/mol. The molecule has 1 amide bonds. The van der Waals surface area contributed by atoms with E-state index in [9.17, 15) is 4.79 Å². The number of benzene rings is 1. The zero-order valence-electron chi connectivity index (χ0n) is 12.9. The smallest absolute Gasteiger partial charge is 0.233 e. The summed E-state index contributed by atoms with van der Waals surface area (Å²) in [5, 5.41) is 2.86. The standard InChI is InChI=1S/C15H22N2O3S/c1-5-15(2,13(16)21)14(18)17-9-10-6-7-11(19-3)12(8-10)20-4/h6-8H,5,9H2,1-4H3,(H2,16,21)(H,17,18). The molecule has 1 aromatic rings. The molecule has 0 saturated heterocycles. The van der Waals surface area contributed by atoms with E-state index in [4.69, 9.17) is 27.4 Å². The number of hydrogen-bond acceptors (Lipinski definition) is 4. The summed E-state index contributed by atoms with van der Waals surface area (Å²) in [7, 11) is 3.15. The quantitative estimate of drug-likeness (QED) is 0.754. The lowest BCUT2D eigenvalue weighted by Crippen LogP contribution is -2.46. The van der Waals surface area contributed by atoms with Gasteiger partial charge >= 0.3 is 0 Å². The Kier molecular flexibility index (Phi) is 5.96. The number of methoxy groups -OCH3 is 2. The fraction of sp³-hybridized carbons (Fsp3) is 0.467. The molecule has 1 rings (SSSR count). The number of nitrogens with two attached hydrogens (primary N) is 1. The summed E-state index contributed by atoms with van der Waals surface area (Å²) >= 11 is 4.99. The number of carbonyl (C=O) groups excluding carboxylic acids is 1. The number of hydrogen-bond donors (Lipinski definition) is 2. The van der Waals surface area contributed by atoms with Crippen molar-refractivity contribution < 1.29 is 14.3 Å². The molecule has 6 heteroatoms. The molecule has 0 spiro atoms. The molecular weight excluding hydrogens is 288 g/mol. The second kappa shape index (κ2) is 7.26. The van der Waals surface area contributed by atoms with Crippen molar-refractivity contribution >= 4 is 23.1 Å². The number of nitrogens with one attached hydrogen (secondary N) is 1. The summed E-state index contributed by atoms with van der Waals surface area (Å²) in [4.78, 5) is 12.5. The molecule has 0 aliphatic carbocycles. The van der Waals surface area contributed by atoms with Crippen LogP contribution in [-0.4, -0.2) is 25.1 Å². The summed E-state index contributed by atoms with van der Waals surface area (Å²) in [6.07, 6.45) is 0.556.